The van der Waals surface area contributed by atoms with Crippen molar-refractivity contribution in [3.05, 3.63) is 23.6 Å². The van der Waals surface area contributed by atoms with Crippen LogP contribution in [0.15, 0.2) is 23.6 Å². The van der Waals surface area contributed by atoms with Crippen LogP contribution in [0.3, 0.4) is 0 Å². The van der Waals surface area contributed by atoms with Crippen molar-refractivity contribution in [1.82, 2.24) is 15.1 Å². The molecule has 0 aliphatic carbocycles. The van der Waals surface area contributed by atoms with Crippen molar-refractivity contribution in [3.8, 4) is 0 Å². The lowest BCUT2D eigenvalue weighted by molar-refractivity contribution is -0.129. The average Bonchev–Trinajstić information content (AvgIpc) is 2.62. The normalized spacial score (nSPS) is 26.3. The van der Waals surface area contributed by atoms with Crippen LogP contribution < -0.4 is 5.32 Å². The minimum Gasteiger partial charge on any atom is -0.477 e. The second-order valence-electron chi connectivity index (χ2n) is 5.37. The SMILES string of the molecule is CN1C(=O)NC(=O)/C(=C/C=C2\OCC(C)(C)N2C)C1=O. The molecule has 0 aromatic carbocycles. The molecule has 2 aliphatic heterocycles. The average molecular weight is 279 g/mol. The molecule has 20 heavy (non-hydrogen) atoms. The molecular weight excluding hydrogens is 262 g/mol. The molecule has 1 N–H and O–H groups in total. The summed E-state index contributed by atoms with van der Waals surface area (Å²) >= 11 is 0. The van der Waals surface area contributed by atoms with Gasteiger partial charge < -0.3 is 9.64 Å². The number of rotatable bonds is 1. The van der Waals surface area contributed by atoms with Gasteiger partial charge in [0.25, 0.3) is 11.8 Å². The summed E-state index contributed by atoms with van der Waals surface area (Å²) in [5.74, 6) is -0.756. The Kier molecular flexibility index (Phi) is 3.29. The Bertz CT molecular complexity index is 548. The van der Waals surface area contributed by atoms with Crippen LogP contribution in [0.5, 0.6) is 0 Å². The fourth-order valence-corrected chi connectivity index (χ4v) is 1.82. The van der Waals surface area contributed by atoms with Gasteiger partial charge in [0.2, 0.25) is 0 Å². The van der Waals surface area contributed by atoms with Crippen molar-refractivity contribution in [2.24, 2.45) is 0 Å². The largest absolute Gasteiger partial charge is 0.477 e. The van der Waals surface area contributed by atoms with Crippen molar-refractivity contribution < 1.29 is 19.1 Å². The predicted octanol–water partition coefficient (Wildman–Crippen LogP) is 0.203. The van der Waals surface area contributed by atoms with E-state index in [1.807, 2.05) is 25.8 Å². The standard InChI is InChI=1S/C13H17N3O4/c1-13(2)7-20-9(16(13)4)6-5-8-10(17)14-12(19)15(3)11(8)18/h5-6H,7H2,1-4H3,(H,14,17,19)/b8-5-,9-6-. The molecule has 2 aliphatic rings. The van der Waals surface area contributed by atoms with Gasteiger partial charge in [0.1, 0.15) is 12.2 Å². The number of imide groups is 2. The van der Waals surface area contributed by atoms with Crippen LogP contribution >= 0.6 is 0 Å². The summed E-state index contributed by atoms with van der Waals surface area (Å²) in [6.07, 6.45) is 2.93. The lowest BCUT2D eigenvalue weighted by atomic mass is 10.1. The molecule has 0 saturated carbocycles. The molecule has 0 aromatic rings. The van der Waals surface area contributed by atoms with Crippen LogP contribution in [-0.2, 0) is 14.3 Å². The zero-order valence-electron chi connectivity index (χ0n) is 11.9. The van der Waals surface area contributed by atoms with E-state index in [0.717, 1.165) is 4.90 Å². The second kappa shape index (κ2) is 4.66. The number of barbiturate groups is 1. The summed E-state index contributed by atoms with van der Waals surface area (Å²) in [5.41, 5.74) is -0.239. The summed E-state index contributed by atoms with van der Waals surface area (Å²) in [7, 11) is 3.18. The maximum atomic E-state index is 11.9. The molecule has 7 heteroatoms. The Labute approximate surface area is 116 Å². The Hall–Kier alpha value is -2.31. The van der Waals surface area contributed by atoms with Gasteiger partial charge >= 0.3 is 6.03 Å². The molecule has 4 amide bonds. The first-order valence-electron chi connectivity index (χ1n) is 6.16. The van der Waals surface area contributed by atoms with Gasteiger partial charge in [-0.1, -0.05) is 0 Å². The van der Waals surface area contributed by atoms with E-state index in [9.17, 15) is 14.4 Å². The number of urea groups is 1. The third kappa shape index (κ3) is 2.26. The fourth-order valence-electron chi connectivity index (χ4n) is 1.82. The highest BCUT2D eigenvalue weighted by Crippen LogP contribution is 2.27. The topological polar surface area (TPSA) is 79.0 Å². The monoisotopic (exact) mass is 279 g/mol. The molecule has 2 heterocycles. The summed E-state index contributed by atoms with van der Waals surface area (Å²) in [5, 5.41) is 2.09. The van der Waals surface area contributed by atoms with Gasteiger partial charge in [-0.25, -0.2) is 4.79 Å². The molecular formula is C13H17N3O4. The van der Waals surface area contributed by atoms with E-state index in [4.69, 9.17) is 4.74 Å². The lowest BCUT2D eigenvalue weighted by Gasteiger charge is -2.25. The molecule has 2 rings (SSSR count). The molecule has 2 fully saturated rings. The van der Waals surface area contributed by atoms with Gasteiger partial charge in [0.15, 0.2) is 5.88 Å². The van der Waals surface area contributed by atoms with E-state index in [1.165, 1.54) is 13.1 Å². The van der Waals surface area contributed by atoms with Gasteiger partial charge in [-0.05, 0) is 26.0 Å². The van der Waals surface area contributed by atoms with Gasteiger partial charge in [-0.3, -0.25) is 19.8 Å². The minimum atomic E-state index is -0.722. The third-order valence-corrected chi connectivity index (χ3v) is 3.51. The first kappa shape index (κ1) is 14.1. The second-order valence-corrected chi connectivity index (χ2v) is 5.37. The number of allylic oxidation sites excluding steroid dienone is 2. The fraction of sp³-hybridized carbons (Fsp3) is 0.462. The predicted molar refractivity (Wildman–Crippen MR) is 70.3 cm³/mol. The summed E-state index contributed by atoms with van der Waals surface area (Å²) < 4.78 is 5.51. The zero-order chi connectivity index (χ0) is 15.1. The number of hydrogen-bond donors (Lipinski definition) is 1. The number of ether oxygens (including phenoxy) is 1. The van der Waals surface area contributed by atoms with E-state index >= 15 is 0 Å². The van der Waals surface area contributed by atoms with Gasteiger partial charge in [0, 0.05) is 14.1 Å². The van der Waals surface area contributed by atoms with Crippen LogP contribution in [0.25, 0.3) is 0 Å². The molecule has 0 bridgehead atoms. The van der Waals surface area contributed by atoms with Crippen molar-refractivity contribution in [3.63, 3.8) is 0 Å². The van der Waals surface area contributed by atoms with Crippen LogP contribution in [-0.4, -0.2) is 53.9 Å². The summed E-state index contributed by atoms with van der Waals surface area (Å²) in [4.78, 5) is 37.5. The zero-order valence-corrected chi connectivity index (χ0v) is 11.9. The highest BCUT2D eigenvalue weighted by Gasteiger charge is 2.35. The van der Waals surface area contributed by atoms with E-state index in [1.54, 1.807) is 6.08 Å². The van der Waals surface area contributed by atoms with E-state index in [-0.39, 0.29) is 11.1 Å². The molecule has 0 atom stereocenters. The first-order chi connectivity index (χ1) is 9.24. The van der Waals surface area contributed by atoms with Crippen LogP contribution in [0.4, 0.5) is 4.79 Å². The number of carbonyl (C=O) groups excluding carboxylic acids is 3. The van der Waals surface area contributed by atoms with Crippen molar-refractivity contribution >= 4 is 17.8 Å². The number of nitrogens with one attached hydrogen (secondary N) is 1. The highest BCUT2D eigenvalue weighted by molar-refractivity contribution is 6.28. The Morgan fingerprint density at radius 3 is 2.40 bits per heavy atom. The number of carbonyl (C=O) groups is 3. The maximum Gasteiger partial charge on any atom is 0.331 e. The number of amides is 4. The minimum absolute atomic E-state index is 0.0960. The van der Waals surface area contributed by atoms with Crippen molar-refractivity contribution in [1.29, 1.82) is 0 Å². The van der Waals surface area contributed by atoms with Crippen LogP contribution in [0, 0.1) is 0 Å². The molecule has 0 spiro atoms. The molecule has 2 saturated heterocycles. The smallest absolute Gasteiger partial charge is 0.331 e. The van der Waals surface area contributed by atoms with E-state index in [2.05, 4.69) is 5.32 Å². The third-order valence-electron chi connectivity index (χ3n) is 3.51. The molecule has 108 valence electrons. The number of likely N-dealkylation sites (N-methyl/N-ethyl adjacent to an activating group) is 2. The van der Waals surface area contributed by atoms with Crippen molar-refractivity contribution in [2.45, 2.75) is 19.4 Å². The Balaban J connectivity index is 2.25. The first-order valence-corrected chi connectivity index (χ1v) is 6.16. The summed E-state index contributed by atoms with van der Waals surface area (Å²) in [6, 6.07) is -0.722. The number of nitrogens with zero attached hydrogens (tertiary/aromatic N) is 2. The highest BCUT2D eigenvalue weighted by atomic mass is 16.5. The molecule has 0 aromatic heterocycles. The van der Waals surface area contributed by atoms with E-state index < -0.39 is 17.8 Å². The summed E-state index contributed by atoms with van der Waals surface area (Å²) in [6.45, 7) is 4.56. The van der Waals surface area contributed by atoms with Gasteiger partial charge in [-0.2, -0.15) is 0 Å². The molecule has 7 nitrogen and oxygen atoms in total. The Morgan fingerprint density at radius 1 is 1.20 bits per heavy atom. The Morgan fingerprint density at radius 2 is 1.85 bits per heavy atom. The van der Waals surface area contributed by atoms with Crippen molar-refractivity contribution in [2.75, 3.05) is 20.7 Å². The quantitative estimate of drug-likeness (QED) is 0.548. The molecule has 0 radical (unpaired) electrons. The lowest BCUT2D eigenvalue weighted by Crippen LogP contribution is -2.52. The van der Waals surface area contributed by atoms with Gasteiger partial charge in [0.05, 0.1) is 5.54 Å². The maximum absolute atomic E-state index is 11.9. The van der Waals surface area contributed by atoms with Crippen LogP contribution in [0.1, 0.15) is 13.8 Å². The molecule has 0 unspecified atom stereocenters. The van der Waals surface area contributed by atoms with Gasteiger partial charge in [-0.15, -0.1) is 0 Å². The van der Waals surface area contributed by atoms with Crippen LogP contribution in [0.2, 0.25) is 0 Å². The number of hydrogen-bond acceptors (Lipinski definition) is 5. The van der Waals surface area contributed by atoms with E-state index in [0.29, 0.717) is 12.5 Å².